The highest BCUT2D eigenvalue weighted by Crippen LogP contribution is 2.38. The highest BCUT2D eigenvalue weighted by atomic mass is 35.5. The molecule has 1 N–H and O–H groups in total. The first-order chi connectivity index (χ1) is 24.1. The molecule has 3 atom stereocenters. The van der Waals surface area contributed by atoms with Gasteiger partial charge in [0, 0.05) is 38.3 Å². The van der Waals surface area contributed by atoms with Crippen molar-refractivity contribution in [1.82, 2.24) is 4.90 Å². The van der Waals surface area contributed by atoms with Crippen molar-refractivity contribution in [3.05, 3.63) is 88.4 Å². The van der Waals surface area contributed by atoms with Crippen LogP contribution in [0.5, 0.6) is 11.5 Å². The lowest BCUT2D eigenvalue weighted by molar-refractivity contribution is -0.116. The highest BCUT2D eigenvalue weighted by Gasteiger charge is 2.37. The number of nitrogens with zero attached hydrogens (tertiary/aromatic N) is 1. The largest absolute Gasteiger partial charge is 0.494 e. The van der Waals surface area contributed by atoms with Gasteiger partial charge in [-0.15, -0.1) is 0 Å². The summed E-state index contributed by atoms with van der Waals surface area (Å²) in [6.07, 6.45) is 4.28. The predicted octanol–water partition coefficient (Wildman–Crippen LogP) is 8.74. The third kappa shape index (κ3) is 10.9. The fourth-order valence-corrected chi connectivity index (χ4v) is 6.59. The van der Waals surface area contributed by atoms with E-state index >= 15 is 0 Å². The molecular formula is C40H51ClN2O7. The molecule has 5 rings (SSSR count). The van der Waals surface area contributed by atoms with E-state index in [1.165, 1.54) is 0 Å². The molecule has 0 bridgehead atoms. The Morgan fingerprint density at radius 2 is 1.72 bits per heavy atom. The number of piperidine rings is 1. The predicted molar refractivity (Wildman–Crippen MR) is 195 cm³/mol. The molecule has 3 aromatic rings. The summed E-state index contributed by atoms with van der Waals surface area (Å²) in [4.78, 5) is 27.2. The summed E-state index contributed by atoms with van der Waals surface area (Å²) in [5.74, 6) is 1.58. The van der Waals surface area contributed by atoms with Crippen molar-refractivity contribution in [2.45, 2.75) is 89.4 Å². The standard InChI is InChI=1S/C40H51ClN2O7/c1-40(2,3)50-39(45)43-22-21-32(28-15-18-31(19-16-28)47-24-7-8-25-48-36-11-6-5-10-33(36)41)37(27-43)49-35(12-9-23-46-4)30-14-13-29-17-20-38(44)42-34(29)26-30/h5-6,10-11,13-16,18-19,26,32,35,37H,7-9,12,17,20-25,27H2,1-4H3,(H,42,44). The summed E-state index contributed by atoms with van der Waals surface area (Å²) >= 11 is 6.17. The maximum atomic E-state index is 13.2. The summed E-state index contributed by atoms with van der Waals surface area (Å²) in [6.45, 7) is 8.36. The van der Waals surface area contributed by atoms with E-state index in [-0.39, 0.29) is 30.1 Å². The first-order valence-corrected chi connectivity index (χ1v) is 18.1. The molecule has 270 valence electrons. The molecule has 2 amide bonds. The summed E-state index contributed by atoms with van der Waals surface area (Å²) < 4.78 is 30.0. The fourth-order valence-electron chi connectivity index (χ4n) is 6.40. The number of aryl methyl sites for hydroxylation is 1. The van der Waals surface area contributed by atoms with Crippen LogP contribution in [0.4, 0.5) is 10.5 Å². The smallest absolute Gasteiger partial charge is 0.410 e. The molecule has 3 unspecified atom stereocenters. The number of hydrogen-bond acceptors (Lipinski definition) is 7. The number of carbonyl (C=O) groups excluding carboxylic acids is 2. The first kappa shape index (κ1) is 37.5. The van der Waals surface area contributed by atoms with E-state index in [9.17, 15) is 9.59 Å². The molecule has 2 aliphatic rings. The average Bonchev–Trinajstić information content (AvgIpc) is 3.09. The van der Waals surface area contributed by atoms with Gasteiger partial charge in [0.1, 0.15) is 17.1 Å². The van der Waals surface area contributed by atoms with Crippen LogP contribution in [0.3, 0.4) is 0 Å². The van der Waals surface area contributed by atoms with Crippen LogP contribution >= 0.6 is 11.6 Å². The number of carbonyl (C=O) groups is 2. The number of hydrogen-bond donors (Lipinski definition) is 1. The van der Waals surface area contributed by atoms with Gasteiger partial charge in [0.25, 0.3) is 0 Å². The van der Waals surface area contributed by atoms with Crippen LogP contribution in [0, 0.1) is 0 Å². The summed E-state index contributed by atoms with van der Waals surface area (Å²) in [5, 5.41) is 3.64. The van der Waals surface area contributed by atoms with Gasteiger partial charge in [0.2, 0.25) is 5.91 Å². The van der Waals surface area contributed by atoms with Gasteiger partial charge in [-0.1, -0.05) is 48.0 Å². The number of methoxy groups -OCH3 is 1. The molecule has 3 aromatic carbocycles. The van der Waals surface area contributed by atoms with Gasteiger partial charge in [-0.2, -0.15) is 0 Å². The minimum Gasteiger partial charge on any atom is -0.494 e. The van der Waals surface area contributed by atoms with Crippen molar-refractivity contribution in [2.24, 2.45) is 0 Å². The molecule has 10 heteroatoms. The molecule has 2 aliphatic heterocycles. The lowest BCUT2D eigenvalue weighted by Crippen LogP contribution is -2.48. The van der Waals surface area contributed by atoms with Crippen molar-refractivity contribution in [1.29, 1.82) is 0 Å². The van der Waals surface area contributed by atoms with Crippen LogP contribution in [0.2, 0.25) is 5.02 Å². The fraction of sp³-hybridized carbons (Fsp3) is 0.500. The SMILES string of the molecule is COCCCC(OC1CN(C(=O)OC(C)(C)C)CCC1c1ccc(OCCCCOc2ccccc2Cl)cc1)c1ccc2c(c1)NC(=O)CC2. The lowest BCUT2D eigenvalue weighted by atomic mass is 9.86. The summed E-state index contributed by atoms with van der Waals surface area (Å²) in [6, 6.07) is 21.9. The van der Waals surface area contributed by atoms with E-state index in [0.717, 1.165) is 66.7 Å². The number of halogens is 1. The Balaban J connectivity index is 1.27. The van der Waals surface area contributed by atoms with Gasteiger partial charge in [0.05, 0.1) is 37.0 Å². The maximum absolute atomic E-state index is 13.2. The number of rotatable bonds is 15. The topological polar surface area (TPSA) is 95.6 Å². The van der Waals surface area contributed by atoms with Crippen molar-refractivity contribution in [2.75, 3.05) is 45.3 Å². The van der Waals surface area contributed by atoms with Crippen LogP contribution in [0.25, 0.3) is 0 Å². The van der Waals surface area contributed by atoms with Crippen LogP contribution in [0.15, 0.2) is 66.7 Å². The third-order valence-corrected chi connectivity index (χ3v) is 9.29. The molecule has 9 nitrogen and oxygen atoms in total. The second-order valence-electron chi connectivity index (χ2n) is 14.0. The van der Waals surface area contributed by atoms with E-state index in [0.29, 0.717) is 50.1 Å². The van der Waals surface area contributed by atoms with Gasteiger partial charge in [-0.25, -0.2) is 4.79 Å². The van der Waals surface area contributed by atoms with Crippen molar-refractivity contribution < 1.29 is 33.3 Å². The zero-order valence-electron chi connectivity index (χ0n) is 29.8. The Labute approximate surface area is 301 Å². The second kappa shape index (κ2) is 17.9. The molecule has 1 fully saturated rings. The summed E-state index contributed by atoms with van der Waals surface area (Å²) in [7, 11) is 1.70. The Morgan fingerprint density at radius 3 is 2.46 bits per heavy atom. The zero-order chi connectivity index (χ0) is 35.5. The molecule has 1 saturated heterocycles. The number of fused-ring (bicyclic) bond motifs is 1. The lowest BCUT2D eigenvalue weighted by Gasteiger charge is -2.40. The van der Waals surface area contributed by atoms with E-state index < -0.39 is 5.60 Å². The van der Waals surface area contributed by atoms with Gasteiger partial charge in [-0.05, 0) is 106 Å². The van der Waals surface area contributed by atoms with Crippen molar-refractivity contribution in [3.8, 4) is 11.5 Å². The zero-order valence-corrected chi connectivity index (χ0v) is 30.5. The Morgan fingerprint density at radius 1 is 0.960 bits per heavy atom. The van der Waals surface area contributed by atoms with E-state index in [1.807, 2.05) is 63.2 Å². The van der Waals surface area contributed by atoms with Gasteiger partial charge in [0.15, 0.2) is 0 Å². The highest BCUT2D eigenvalue weighted by molar-refractivity contribution is 6.32. The molecular weight excluding hydrogens is 656 g/mol. The number of unbranched alkanes of at least 4 members (excludes halogenated alkanes) is 1. The molecule has 0 saturated carbocycles. The molecule has 0 aliphatic carbocycles. The van der Waals surface area contributed by atoms with Gasteiger partial charge in [-0.3, -0.25) is 4.79 Å². The van der Waals surface area contributed by atoms with Gasteiger partial charge >= 0.3 is 6.09 Å². The Hall–Kier alpha value is -3.79. The van der Waals surface area contributed by atoms with Gasteiger partial charge < -0.3 is 33.9 Å². The minimum atomic E-state index is -0.598. The number of amides is 2. The Kier molecular flexibility index (Phi) is 13.4. The number of likely N-dealkylation sites (tertiary alicyclic amines) is 1. The van der Waals surface area contributed by atoms with E-state index in [4.69, 9.17) is 35.3 Å². The van der Waals surface area contributed by atoms with Crippen molar-refractivity contribution >= 4 is 29.3 Å². The molecule has 0 aromatic heterocycles. The molecule has 0 spiro atoms. The van der Waals surface area contributed by atoms with Crippen LogP contribution in [-0.4, -0.2) is 68.6 Å². The number of ether oxygens (including phenoxy) is 5. The number of anilines is 1. The van der Waals surface area contributed by atoms with Crippen LogP contribution in [0.1, 0.15) is 88.0 Å². The Bertz CT molecular complexity index is 1560. The van der Waals surface area contributed by atoms with Crippen LogP contribution in [-0.2, 0) is 25.4 Å². The monoisotopic (exact) mass is 706 g/mol. The first-order valence-electron chi connectivity index (χ1n) is 17.7. The third-order valence-electron chi connectivity index (χ3n) is 8.98. The quantitative estimate of drug-likeness (QED) is 0.158. The molecule has 50 heavy (non-hydrogen) atoms. The van der Waals surface area contributed by atoms with Crippen molar-refractivity contribution in [3.63, 3.8) is 0 Å². The summed E-state index contributed by atoms with van der Waals surface area (Å²) in [5.41, 5.74) is 3.50. The maximum Gasteiger partial charge on any atom is 0.410 e. The normalized spacial score (nSPS) is 18.2. The number of nitrogens with one attached hydrogen (secondary N) is 1. The van der Waals surface area contributed by atoms with E-state index in [1.54, 1.807) is 12.0 Å². The number of benzene rings is 3. The minimum absolute atomic E-state index is 0.0294. The number of para-hydroxylation sites is 1. The molecule has 2 heterocycles. The molecule has 0 radical (unpaired) electrons. The second-order valence-corrected chi connectivity index (χ2v) is 14.4. The average molecular weight is 707 g/mol. The van der Waals surface area contributed by atoms with Crippen LogP contribution < -0.4 is 14.8 Å². The van der Waals surface area contributed by atoms with E-state index in [2.05, 4.69) is 29.6 Å².